The summed E-state index contributed by atoms with van der Waals surface area (Å²) in [6, 6.07) is 0. The Morgan fingerprint density at radius 1 is 1.17 bits per heavy atom. The van der Waals surface area contributed by atoms with E-state index in [2.05, 4.69) is 5.73 Å². The molecule has 0 aromatic carbocycles. The first kappa shape index (κ1) is 14.4. The zero-order valence-corrected chi connectivity index (χ0v) is 8.37. The highest BCUT2D eigenvalue weighted by molar-refractivity contribution is 8.76. The van der Waals surface area contributed by atoms with Crippen molar-refractivity contribution in [2.75, 3.05) is 24.6 Å². The molecule has 0 atom stereocenters. The molecule has 0 aromatic heterocycles. The third-order valence-corrected chi connectivity index (χ3v) is 2.96. The number of primary amides is 1. The molecule has 5 nitrogen and oxygen atoms in total. The minimum absolute atomic E-state index is 0.766. The van der Waals surface area contributed by atoms with Gasteiger partial charge in [-0.2, -0.15) is 0 Å². The van der Waals surface area contributed by atoms with Gasteiger partial charge in [-0.15, -0.1) is 0 Å². The smallest absolute Gasteiger partial charge is 0.402 e. The Bertz CT molecular complexity index is 94.7. The van der Waals surface area contributed by atoms with Crippen molar-refractivity contribution >= 4 is 27.7 Å². The minimum Gasteiger partial charge on any atom is -0.465 e. The van der Waals surface area contributed by atoms with E-state index in [9.17, 15) is 0 Å². The first-order valence-corrected chi connectivity index (χ1v) is 5.76. The summed E-state index contributed by atoms with van der Waals surface area (Å²) < 4.78 is 0. The molecule has 1 amide bonds. The lowest BCUT2D eigenvalue weighted by Crippen LogP contribution is -2.03. The van der Waals surface area contributed by atoms with Gasteiger partial charge in [-0.25, -0.2) is 4.79 Å². The van der Waals surface area contributed by atoms with Crippen LogP contribution in [-0.2, 0) is 0 Å². The van der Waals surface area contributed by atoms with Gasteiger partial charge in [0.25, 0.3) is 0 Å². The van der Waals surface area contributed by atoms with Gasteiger partial charge in [0.05, 0.1) is 0 Å². The molecule has 7 N–H and O–H groups in total. The van der Waals surface area contributed by atoms with Gasteiger partial charge in [0.2, 0.25) is 0 Å². The summed E-state index contributed by atoms with van der Waals surface area (Å²) in [5, 5.41) is 7.19. The number of rotatable bonds is 5. The fraction of sp³-hybridized carbons (Fsp3) is 0.800. The lowest BCUT2D eigenvalue weighted by Gasteiger charge is -1.93. The van der Waals surface area contributed by atoms with E-state index in [0.29, 0.717) is 0 Å². The van der Waals surface area contributed by atoms with Crippen molar-refractivity contribution in [3.8, 4) is 0 Å². The highest BCUT2D eigenvalue weighted by atomic mass is 33.1. The third-order valence-electron chi connectivity index (χ3n) is 0.486. The van der Waals surface area contributed by atoms with Gasteiger partial charge in [-0.3, -0.25) is 0 Å². The quantitative estimate of drug-likeness (QED) is 0.375. The molecule has 0 aliphatic heterocycles. The van der Waals surface area contributed by atoms with E-state index in [1.165, 1.54) is 0 Å². The van der Waals surface area contributed by atoms with E-state index in [0.717, 1.165) is 24.6 Å². The van der Waals surface area contributed by atoms with Gasteiger partial charge >= 0.3 is 6.09 Å². The van der Waals surface area contributed by atoms with Crippen molar-refractivity contribution in [1.82, 2.24) is 0 Å². The zero-order chi connectivity index (χ0) is 9.82. The van der Waals surface area contributed by atoms with Crippen molar-refractivity contribution in [2.45, 2.75) is 0 Å². The molecule has 0 rings (SSSR count). The standard InChI is InChI=1S/C4H12N2S2.CH3NO2/c5-1-3-7-8-4-2-6;2-1(3)4/h1-6H2;2H2,(H,3,4). The number of nitrogens with two attached hydrogens (primary N) is 3. The summed E-state index contributed by atoms with van der Waals surface area (Å²) in [6.07, 6.45) is -1.33. The first-order valence-electron chi connectivity index (χ1n) is 3.28. The second-order valence-corrected chi connectivity index (χ2v) is 4.26. The maximum atomic E-state index is 8.78. The summed E-state index contributed by atoms with van der Waals surface area (Å²) in [6.45, 7) is 1.53. The Balaban J connectivity index is 0. The van der Waals surface area contributed by atoms with Crippen LogP contribution in [0.25, 0.3) is 0 Å². The number of hydrogen-bond donors (Lipinski definition) is 4. The molecular formula is C5H15N3O2S2. The van der Waals surface area contributed by atoms with Crippen molar-refractivity contribution in [2.24, 2.45) is 17.2 Å². The van der Waals surface area contributed by atoms with Crippen LogP contribution >= 0.6 is 21.6 Å². The highest BCUT2D eigenvalue weighted by Crippen LogP contribution is 2.18. The molecule has 7 heteroatoms. The molecule has 74 valence electrons. The molecular weight excluding hydrogens is 198 g/mol. The average Bonchev–Trinajstić information content (AvgIpc) is 1.97. The molecule has 0 fully saturated rings. The topological polar surface area (TPSA) is 115 Å². The number of carbonyl (C=O) groups is 1. The Labute approximate surface area is 79.8 Å². The van der Waals surface area contributed by atoms with Gasteiger partial charge in [0.15, 0.2) is 0 Å². The van der Waals surface area contributed by atoms with E-state index in [1.54, 1.807) is 21.6 Å². The van der Waals surface area contributed by atoms with Gasteiger partial charge in [-0.05, 0) is 0 Å². The van der Waals surface area contributed by atoms with E-state index < -0.39 is 6.09 Å². The fourth-order valence-corrected chi connectivity index (χ4v) is 1.93. The highest BCUT2D eigenvalue weighted by Gasteiger charge is 1.84. The van der Waals surface area contributed by atoms with Crippen LogP contribution in [0.3, 0.4) is 0 Å². The summed E-state index contributed by atoms with van der Waals surface area (Å²) >= 11 is 0. The predicted octanol–water partition coefficient (Wildman–Crippen LogP) is -0.0917. The fourth-order valence-electron chi connectivity index (χ4n) is 0.214. The molecule has 0 heterocycles. The van der Waals surface area contributed by atoms with E-state index >= 15 is 0 Å². The summed E-state index contributed by atoms with van der Waals surface area (Å²) in [5.41, 5.74) is 14.5. The lowest BCUT2D eigenvalue weighted by atomic mass is 10.8. The van der Waals surface area contributed by atoms with Gasteiger partial charge in [-0.1, -0.05) is 21.6 Å². The van der Waals surface area contributed by atoms with Crippen molar-refractivity contribution in [1.29, 1.82) is 0 Å². The van der Waals surface area contributed by atoms with Crippen LogP contribution in [0.2, 0.25) is 0 Å². The summed E-state index contributed by atoms with van der Waals surface area (Å²) in [5.74, 6) is 2.06. The monoisotopic (exact) mass is 213 g/mol. The van der Waals surface area contributed by atoms with Crippen LogP contribution in [0.15, 0.2) is 0 Å². The SMILES string of the molecule is NC(=O)O.NCCSSCCN. The van der Waals surface area contributed by atoms with Crippen molar-refractivity contribution in [3.05, 3.63) is 0 Å². The molecule has 0 radical (unpaired) electrons. The number of carboxylic acid groups (broad SMARTS) is 1. The normalized spacial score (nSPS) is 8.50. The van der Waals surface area contributed by atoms with Gasteiger partial charge in [0.1, 0.15) is 0 Å². The average molecular weight is 213 g/mol. The summed E-state index contributed by atoms with van der Waals surface area (Å²) in [7, 11) is 3.58. The maximum Gasteiger partial charge on any atom is 0.402 e. The van der Waals surface area contributed by atoms with E-state index in [1.807, 2.05) is 0 Å². The molecule has 0 saturated heterocycles. The molecule has 0 bridgehead atoms. The van der Waals surface area contributed by atoms with Gasteiger partial charge in [0, 0.05) is 24.6 Å². The van der Waals surface area contributed by atoms with Crippen molar-refractivity contribution < 1.29 is 9.90 Å². The Morgan fingerprint density at radius 2 is 1.42 bits per heavy atom. The number of amides is 1. The Hall–Kier alpha value is -0.110. The molecule has 0 unspecified atom stereocenters. The second-order valence-electron chi connectivity index (χ2n) is 1.56. The van der Waals surface area contributed by atoms with Crippen molar-refractivity contribution in [3.63, 3.8) is 0 Å². The lowest BCUT2D eigenvalue weighted by molar-refractivity contribution is 0.205. The Morgan fingerprint density at radius 3 is 1.58 bits per heavy atom. The second kappa shape index (κ2) is 13.5. The minimum atomic E-state index is -1.33. The maximum absolute atomic E-state index is 8.78. The van der Waals surface area contributed by atoms with Gasteiger partial charge < -0.3 is 22.3 Å². The molecule has 0 saturated carbocycles. The number of hydrogen-bond acceptors (Lipinski definition) is 5. The largest absolute Gasteiger partial charge is 0.465 e. The zero-order valence-electron chi connectivity index (χ0n) is 6.73. The molecule has 0 aromatic rings. The third kappa shape index (κ3) is 32.7. The van der Waals surface area contributed by atoms with E-state index in [4.69, 9.17) is 21.4 Å². The molecule has 0 spiro atoms. The molecule has 0 aliphatic carbocycles. The first-order chi connectivity index (χ1) is 5.65. The predicted molar refractivity (Wildman–Crippen MR) is 55.2 cm³/mol. The Kier molecular flexibility index (Phi) is 16.2. The van der Waals surface area contributed by atoms with Crippen LogP contribution in [0, 0.1) is 0 Å². The van der Waals surface area contributed by atoms with Crippen LogP contribution < -0.4 is 17.2 Å². The van der Waals surface area contributed by atoms with Crippen LogP contribution in [0.4, 0.5) is 4.79 Å². The van der Waals surface area contributed by atoms with E-state index in [-0.39, 0.29) is 0 Å². The van der Waals surface area contributed by atoms with Crippen LogP contribution in [-0.4, -0.2) is 35.8 Å². The molecule has 0 aliphatic rings. The molecule has 12 heavy (non-hydrogen) atoms. The summed E-state index contributed by atoms with van der Waals surface area (Å²) in [4.78, 5) is 8.78. The van der Waals surface area contributed by atoms with Crippen LogP contribution in [0.5, 0.6) is 0 Å². The van der Waals surface area contributed by atoms with Crippen LogP contribution in [0.1, 0.15) is 0 Å².